The lowest BCUT2D eigenvalue weighted by Gasteiger charge is -2.41. The molecule has 1 saturated heterocycles. The molecule has 1 heterocycles. The summed E-state index contributed by atoms with van der Waals surface area (Å²) in [5.74, 6) is 1.13. The first-order chi connectivity index (χ1) is 13.5. The first-order valence-electron chi connectivity index (χ1n) is 11.6. The van der Waals surface area contributed by atoms with Gasteiger partial charge in [0.1, 0.15) is 0 Å². The molecule has 4 bridgehead atoms. The summed E-state index contributed by atoms with van der Waals surface area (Å²) in [6, 6.07) is 12.0. The van der Waals surface area contributed by atoms with E-state index < -0.39 is 0 Å². The number of hydrogen-bond donors (Lipinski definition) is 2. The predicted molar refractivity (Wildman–Crippen MR) is 113 cm³/mol. The molecule has 2 N–H and O–H groups in total. The van der Waals surface area contributed by atoms with Crippen LogP contribution in [0, 0.1) is 16.7 Å². The number of nitrogens with one attached hydrogen (secondary N) is 2. The van der Waals surface area contributed by atoms with Crippen molar-refractivity contribution in [1.82, 2.24) is 10.6 Å². The average Bonchev–Trinajstić information content (AvgIpc) is 3.02. The quantitative estimate of drug-likeness (QED) is 0.786. The molecule has 3 nitrogen and oxygen atoms in total. The van der Waals surface area contributed by atoms with Gasteiger partial charge in [0, 0.05) is 12.1 Å². The number of rotatable bonds is 5. The summed E-state index contributed by atoms with van der Waals surface area (Å²) >= 11 is 0. The van der Waals surface area contributed by atoms with Crippen LogP contribution < -0.4 is 10.6 Å². The van der Waals surface area contributed by atoms with Crippen LogP contribution in [-0.4, -0.2) is 24.5 Å². The van der Waals surface area contributed by atoms with Gasteiger partial charge >= 0.3 is 0 Å². The van der Waals surface area contributed by atoms with Gasteiger partial charge in [-0.15, -0.1) is 0 Å². The minimum Gasteiger partial charge on any atom is -0.353 e. The van der Waals surface area contributed by atoms with E-state index in [4.69, 9.17) is 0 Å². The Morgan fingerprint density at radius 3 is 2.75 bits per heavy atom. The molecule has 4 saturated carbocycles. The van der Waals surface area contributed by atoms with Crippen molar-refractivity contribution in [3.05, 3.63) is 35.9 Å². The van der Waals surface area contributed by atoms with Gasteiger partial charge in [-0.25, -0.2) is 0 Å². The maximum Gasteiger partial charge on any atom is 0.227 e. The highest BCUT2D eigenvalue weighted by molar-refractivity contribution is 5.86. The Morgan fingerprint density at radius 2 is 2.00 bits per heavy atom. The van der Waals surface area contributed by atoms with Crippen molar-refractivity contribution in [3.8, 4) is 0 Å². The van der Waals surface area contributed by atoms with Gasteiger partial charge in [-0.2, -0.15) is 0 Å². The van der Waals surface area contributed by atoms with E-state index in [1.165, 1.54) is 37.7 Å². The third-order valence-electron chi connectivity index (χ3n) is 8.84. The highest BCUT2D eigenvalue weighted by Crippen LogP contribution is 2.77. The summed E-state index contributed by atoms with van der Waals surface area (Å²) < 4.78 is 0. The van der Waals surface area contributed by atoms with Crippen LogP contribution in [0.4, 0.5) is 0 Å². The van der Waals surface area contributed by atoms with Gasteiger partial charge in [-0.3, -0.25) is 4.79 Å². The summed E-state index contributed by atoms with van der Waals surface area (Å²) in [7, 11) is 0. The molecule has 0 aromatic heterocycles. The lowest BCUT2D eigenvalue weighted by molar-refractivity contribution is -0.137. The number of piperidine rings is 1. The van der Waals surface area contributed by atoms with Crippen molar-refractivity contribution in [1.29, 1.82) is 0 Å². The minimum atomic E-state index is -0.129. The van der Waals surface area contributed by atoms with Gasteiger partial charge in [0.2, 0.25) is 5.91 Å². The van der Waals surface area contributed by atoms with Crippen molar-refractivity contribution in [3.63, 3.8) is 0 Å². The molecule has 4 aliphatic carbocycles. The lowest BCUT2D eigenvalue weighted by Crippen LogP contribution is -2.53. The van der Waals surface area contributed by atoms with Gasteiger partial charge in [0.15, 0.2) is 0 Å². The highest BCUT2D eigenvalue weighted by atomic mass is 16.2. The number of amides is 1. The molecule has 5 aliphatic rings. The summed E-state index contributed by atoms with van der Waals surface area (Å²) in [6.07, 6.45) is 10.6. The van der Waals surface area contributed by atoms with E-state index in [1.54, 1.807) is 0 Å². The number of carbonyl (C=O) groups excluding carboxylic acids is 1. The first-order valence-corrected chi connectivity index (χ1v) is 11.6. The van der Waals surface area contributed by atoms with Crippen LogP contribution in [0.3, 0.4) is 0 Å². The van der Waals surface area contributed by atoms with E-state index >= 15 is 0 Å². The summed E-state index contributed by atoms with van der Waals surface area (Å²) in [6.45, 7) is 5.57. The Labute approximate surface area is 170 Å². The van der Waals surface area contributed by atoms with Crippen LogP contribution in [0.15, 0.2) is 30.3 Å². The molecule has 28 heavy (non-hydrogen) atoms. The van der Waals surface area contributed by atoms with Crippen molar-refractivity contribution in [2.75, 3.05) is 6.54 Å². The average molecular weight is 381 g/mol. The van der Waals surface area contributed by atoms with Crippen LogP contribution in [0.2, 0.25) is 0 Å². The Hall–Kier alpha value is -1.35. The third kappa shape index (κ3) is 2.61. The van der Waals surface area contributed by atoms with Crippen molar-refractivity contribution < 1.29 is 4.79 Å². The fraction of sp³-hybridized carbons (Fsp3) is 0.720. The highest BCUT2D eigenvalue weighted by Gasteiger charge is 2.73. The van der Waals surface area contributed by atoms with Crippen LogP contribution in [0.5, 0.6) is 0 Å². The molecular formula is C25H36N2O. The van der Waals surface area contributed by atoms with E-state index in [9.17, 15) is 4.79 Å². The van der Waals surface area contributed by atoms with Crippen LogP contribution in [0.25, 0.3) is 0 Å². The first kappa shape index (κ1) is 18.7. The van der Waals surface area contributed by atoms with Crippen LogP contribution >= 0.6 is 0 Å². The van der Waals surface area contributed by atoms with Crippen molar-refractivity contribution in [2.45, 2.75) is 89.1 Å². The minimum absolute atomic E-state index is 0.129. The fourth-order valence-electron chi connectivity index (χ4n) is 8.18. The molecule has 3 heteroatoms. The number of benzene rings is 1. The zero-order valence-electron chi connectivity index (χ0n) is 17.6. The summed E-state index contributed by atoms with van der Waals surface area (Å²) in [4.78, 5) is 13.9. The fourth-order valence-corrected chi connectivity index (χ4v) is 8.18. The van der Waals surface area contributed by atoms with E-state index in [1.807, 2.05) is 0 Å². The maximum atomic E-state index is 13.9. The Balaban J connectivity index is 1.48. The Bertz CT molecular complexity index is 748. The molecule has 6 atom stereocenters. The second kappa shape index (κ2) is 6.58. The van der Waals surface area contributed by atoms with Crippen molar-refractivity contribution in [2.24, 2.45) is 16.7 Å². The monoisotopic (exact) mass is 380 g/mol. The van der Waals surface area contributed by atoms with E-state index in [0.717, 1.165) is 38.1 Å². The SMILES string of the molecule is CCCC12CC3CC(c4ccccc4)(C1)CC2(C(=O)N[C@H]1CCN[C@H](C)C1)C3. The van der Waals surface area contributed by atoms with E-state index in [-0.39, 0.29) is 16.2 Å². The zero-order valence-corrected chi connectivity index (χ0v) is 17.6. The summed E-state index contributed by atoms with van der Waals surface area (Å²) in [5.41, 5.74) is 1.82. The smallest absolute Gasteiger partial charge is 0.227 e. The van der Waals surface area contributed by atoms with Crippen LogP contribution in [0.1, 0.15) is 77.2 Å². The van der Waals surface area contributed by atoms with Gasteiger partial charge < -0.3 is 10.6 Å². The zero-order chi connectivity index (χ0) is 19.4. The van der Waals surface area contributed by atoms with Gasteiger partial charge in [-0.1, -0.05) is 43.7 Å². The molecule has 0 spiro atoms. The largest absolute Gasteiger partial charge is 0.353 e. The predicted octanol–water partition coefficient (Wildman–Crippen LogP) is 4.56. The molecule has 4 unspecified atom stereocenters. The standard InChI is InChI=1S/C25H36N2O/c1-3-10-24-14-19-13-23(16-24,20-7-5-4-6-8-20)17-25(24,15-19)22(28)27-21-9-11-26-18(2)12-21/h4-8,18-19,21,26H,3,9-17H2,1-2H3,(H,27,28)/t18-,19?,21+,23?,24?,25?/m1/s1. The van der Waals surface area contributed by atoms with E-state index in [0.29, 0.717) is 18.0 Å². The Kier molecular flexibility index (Phi) is 4.39. The normalized spacial score (nSPS) is 44.0. The molecular weight excluding hydrogens is 344 g/mol. The van der Waals surface area contributed by atoms with Gasteiger partial charge in [0.25, 0.3) is 0 Å². The Morgan fingerprint density at radius 1 is 1.18 bits per heavy atom. The molecule has 1 aromatic carbocycles. The number of hydrogen-bond acceptors (Lipinski definition) is 2. The molecule has 1 aromatic rings. The summed E-state index contributed by atoms with van der Waals surface area (Å²) in [5, 5.41) is 7.08. The van der Waals surface area contributed by atoms with Crippen LogP contribution in [-0.2, 0) is 10.2 Å². The number of carbonyl (C=O) groups is 1. The van der Waals surface area contributed by atoms with Crippen molar-refractivity contribution >= 4 is 5.91 Å². The molecule has 6 rings (SSSR count). The molecule has 1 aliphatic heterocycles. The molecule has 0 radical (unpaired) electrons. The second-order valence-corrected chi connectivity index (χ2v) is 10.6. The molecule has 152 valence electrons. The second-order valence-electron chi connectivity index (χ2n) is 10.6. The molecule has 1 amide bonds. The third-order valence-corrected chi connectivity index (χ3v) is 8.84. The van der Waals surface area contributed by atoms with Gasteiger partial charge in [0.05, 0.1) is 5.41 Å². The lowest BCUT2D eigenvalue weighted by atomic mass is 9.63. The van der Waals surface area contributed by atoms with Gasteiger partial charge in [-0.05, 0) is 87.1 Å². The van der Waals surface area contributed by atoms with E-state index in [2.05, 4.69) is 54.8 Å². The molecule has 5 fully saturated rings. The topological polar surface area (TPSA) is 41.1 Å². The maximum absolute atomic E-state index is 13.9.